The molecule has 6 heteroatoms. The van der Waals surface area contributed by atoms with Gasteiger partial charge in [0.2, 0.25) is 0 Å². The highest BCUT2D eigenvalue weighted by molar-refractivity contribution is 5.94. The van der Waals surface area contributed by atoms with Crippen LogP contribution < -0.4 is 10.6 Å². The van der Waals surface area contributed by atoms with E-state index in [1.165, 1.54) is 0 Å². The van der Waals surface area contributed by atoms with E-state index in [0.717, 1.165) is 17.7 Å². The second-order valence-electron chi connectivity index (χ2n) is 4.21. The largest absolute Gasteiger partial charge is 0.390 e. The minimum Gasteiger partial charge on any atom is -0.352 e. The minimum atomic E-state index is -4.24. The lowest BCUT2D eigenvalue weighted by molar-refractivity contribution is -0.132. The lowest BCUT2D eigenvalue weighted by Gasteiger charge is -2.08. The van der Waals surface area contributed by atoms with E-state index in [1.807, 2.05) is 6.07 Å². The summed E-state index contributed by atoms with van der Waals surface area (Å²) in [6, 6.07) is 5.18. The van der Waals surface area contributed by atoms with E-state index in [1.54, 1.807) is 12.1 Å². The number of carbonyl (C=O) groups excluding carboxylic acids is 1. The standard InChI is InChI=1S/C12H13F3N2O/c13-12(14,15)3-4-17-11(18)8-1-2-9-6-16-7-10(9)5-8/h1-2,5,16H,3-4,6-7H2,(H,17,18). The van der Waals surface area contributed by atoms with Crippen LogP contribution in [-0.2, 0) is 13.1 Å². The summed E-state index contributed by atoms with van der Waals surface area (Å²) in [5, 5.41) is 5.40. The zero-order chi connectivity index (χ0) is 13.2. The fraction of sp³-hybridized carbons (Fsp3) is 0.417. The lowest BCUT2D eigenvalue weighted by Crippen LogP contribution is -2.28. The van der Waals surface area contributed by atoms with Crippen LogP contribution in [0.4, 0.5) is 13.2 Å². The van der Waals surface area contributed by atoms with Gasteiger partial charge in [-0.2, -0.15) is 13.2 Å². The molecule has 0 bridgehead atoms. The quantitative estimate of drug-likeness (QED) is 0.870. The Labute approximate surface area is 102 Å². The number of fused-ring (bicyclic) bond motifs is 1. The molecule has 1 aromatic carbocycles. The molecule has 0 unspecified atom stereocenters. The molecule has 0 aliphatic carbocycles. The number of rotatable bonds is 3. The van der Waals surface area contributed by atoms with Crippen LogP contribution in [0.3, 0.4) is 0 Å². The number of alkyl halides is 3. The fourth-order valence-electron chi connectivity index (χ4n) is 1.86. The molecular formula is C12H13F3N2O. The van der Waals surface area contributed by atoms with Crippen molar-refractivity contribution in [3.8, 4) is 0 Å². The summed E-state index contributed by atoms with van der Waals surface area (Å²) in [4.78, 5) is 11.6. The Morgan fingerprint density at radius 2 is 2.00 bits per heavy atom. The summed E-state index contributed by atoms with van der Waals surface area (Å²) in [5.41, 5.74) is 2.56. The third kappa shape index (κ3) is 3.22. The predicted octanol–water partition coefficient (Wildman–Crippen LogP) is 1.97. The molecule has 98 valence electrons. The van der Waals surface area contributed by atoms with Gasteiger partial charge in [0, 0.05) is 25.2 Å². The van der Waals surface area contributed by atoms with Crippen LogP contribution in [0.25, 0.3) is 0 Å². The second kappa shape index (κ2) is 4.97. The Balaban J connectivity index is 1.93. The van der Waals surface area contributed by atoms with E-state index in [-0.39, 0.29) is 0 Å². The Morgan fingerprint density at radius 3 is 2.72 bits per heavy atom. The molecule has 1 aromatic rings. The molecule has 18 heavy (non-hydrogen) atoms. The van der Waals surface area contributed by atoms with Crippen molar-refractivity contribution in [1.29, 1.82) is 0 Å². The molecule has 1 heterocycles. The first-order valence-corrected chi connectivity index (χ1v) is 5.63. The summed E-state index contributed by atoms with van der Waals surface area (Å²) >= 11 is 0. The van der Waals surface area contributed by atoms with Crippen LogP contribution >= 0.6 is 0 Å². The number of hydrogen-bond donors (Lipinski definition) is 2. The van der Waals surface area contributed by atoms with Gasteiger partial charge in [-0.05, 0) is 23.3 Å². The Hall–Kier alpha value is -1.56. The van der Waals surface area contributed by atoms with Crippen LogP contribution in [0.15, 0.2) is 18.2 Å². The van der Waals surface area contributed by atoms with Crippen molar-refractivity contribution in [2.75, 3.05) is 6.54 Å². The number of hydrogen-bond acceptors (Lipinski definition) is 2. The van der Waals surface area contributed by atoms with Gasteiger partial charge >= 0.3 is 6.18 Å². The maximum absolute atomic E-state index is 11.9. The van der Waals surface area contributed by atoms with E-state index in [0.29, 0.717) is 12.1 Å². The van der Waals surface area contributed by atoms with Gasteiger partial charge in [0.1, 0.15) is 0 Å². The van der Waals surface area contributed by atoms with Gasteiger partial charge in [-0.25, -0.2) is 0 Å². The first kappa shape index (κ1) is 12.9. The molecule has 0 saturated carbocycles. The zero-order valence-electron chi connectivity index (χ0n) is 9.60. The Kier molecular flexibility index (Phi) is 3.56. The normalized spacial score (nSPS) is 14.4. The molecule has 0 radical (unpaired) electrons. The first-order valence-electron chi connectivity index (χ1n) is 5.63. The number of benzene rings is 1. The van der Waals surface area contributed by atoms with E-state index >= 15 is 0 Å². The van der Waals surface area contributed by atoms with Gasteiger partial charge in [-0.15, -0.1) is 0 Å². The van der Waals surface area contributed by atoms with E-state index < -0.39 is 25.0 Å². The fourth-order valence-corrected chi connectivity index (χ4v) is 1.86. The second-order valence-corrected chi connectivity index (χ2v) is 4.21. The van der Waals surface area contributed by atoms with Gasteiger partial charge in [0.25, 0.3) is 5.91 Å². The summed E-state index contributed by atoms with van der Waals surface area (Å²) in [5.74, 6) is -0.464. The molecule has 0 saturated heterocycles. The number of nitrogens with one attached hydrogen (secondary N) is 2. The average molecular weight is 258 g/mol. The van der Waals surface area contributed by atoms with Crippen molar-refractivity contribution in [2.45, 2.75) is 25.7 Å². The number of carbonyl (C=O) groups is 1. The molecule has 3 nitrogen and oxygen atoms in total. The Bertz CT molecular complexity index is 457. The third-order valence-corrected chi connectivity index (χ3v) is 2.79. The summed E-state index contributed by atoms with van der Waals surface area (Å²) in [6.45, 7) is 1.07. The number of amides is 1. The maximum Gasteiger partial charge on any atom is 0.390 e. The molecule has 0 fully saturated rings. The highest BCUT2D eigenvalue weighted by Gasteiger charge is 2.26. The molecule has 2 N–H and O–H groups in total. The topological polar surface area (TPSA) is 41.1 Å². The van der Waals surface area contributed by atoms with Gasteiger partial charge in [0.15, 0.2) is 0 Å². The first-order chi connectivity index (χ1) is 8.46. The van der Waals surface area contributed by atoms with Crippen molar-refractivity contribution >= 4 is 5.91 Å². The highest BCUT2D eigenvalue weighted by Crippen LogP contribution is 2.19. The molecular weight excluding hydrogens is 245 g/mol. The predicted molar refractivity (Wildman–Crippen MR) is 60.0 cm³/mol. The van der Waals surface area contributed by atoms with Gasteiger partial charge in [0.05, 0.1) is 6.42 Å². The van der Waals surface area contributed by atoms with Gasteiger partial charge < -0.3 is 10.6 Å². The van der Waals surface area contributed by atoms with Crippen LogP contribution in [0.5, 0.6) is 0 Å². The van der Waals surface area contributed by atoms with E-state index in [4.69, 9.17) is 0 Å². The lowest BCUT2D eigenvalue weighted by atomic mass is 10.1. The van der Waals surface area contributed by atoms with Crippen molar-refractivity contribution in [3.63, 3.8) is 0 Å². The summed E-state index contributed by atoms with van der Waals surface area (Å²) in [7, 11) is 0. The van der Waals surface area contributed by atoms with Crippen molar-refractivity contribution < 1.29 is 18.0 Å². The molecule has 0 atom stereocenters. The van der Waals surface area contributed by atoms with Crippen molar-refractivity contribution in [2.24, 2.45) is 0 Å². The minimum absolute atomic E-state index is 0.391. The Morgan fingerprint density at radius 1 is 1.28 bits per heavy atom. The monoisotopic (exact) mass is 258 g/mol. The zero-order valence-corrected chi connectivity index (χ0v) is 9.60. The number of halogens is 3. The molecule has 2 rings (SSSR count). The third-order valence-electron chi connectivity index (χ3n) is 2.79. The van der Waals surface area contributed by atoms with Crippen LogP contribution in [0.1, 0.15) is 27.9 Å². The van der Waals surface area contributed by atoms with E-state index in [2.05, 4.69) is 10.6 Å². The maximum atomic E-state index is 11.9. The molecule has 0 aromatic heterocycles. The van der Waals surface area contributed by atoms with Crippen molar-refractivity contribution in [3.05, 3.63) is 34.9 Å². The van der Waals surface area contributed by atoms with E-state index in [9.17, 15) is 18.0 Å². The summed E-state index contributed by atoms with van der Waals surface area (Å²) < 4.78 is 35.8. The van der Waals surface area contributed by atoms with Gasteiger partial charge in [-0.3, -0.25) is 4.79 Å². The molecule has 1 aliphatic heterocycles. The van der Waals surface area contributed by atoms with Crippen LogP contribution in [0.2, 0.25) is 0 Å². The SMILES string of the molecule is O=C(NCCC(F)(F)F)c1ccc2c(c1)CNC2. The van der Waals surface area contributed by atoms with Crippen LogP contribution in [0, 0.1) is 0 Å². The summed E-state index contributed by atoms with van der Waals surface area (Å²) in [6.07, 6.45) is -5.25. The molecule has 1 aliphatic rings. The van der Waals surface area contributed by atoms with Gasteiger partial charge in [-0.1, -0.05) is 6.07 Å². The average Bonchev–Trinajstić information content (AvgIpc) is 2.73. The molecule has 0 spiro atoms. The van der Waals surface area contributed by atoms with Crippen molar-refractivity contribution in [1.82, 2.24) is 10.6 Å². The smallest absolute Gasteiger partial charge is 0.352 e. The highest BCUT2D eigenvalue weighted by atomic mass is 19.4. The molecule has 1 amide bonds. The van der Waals surface area contributed by atoms with Crippen LogP contribution in [-0.4, -0.2) is 18.6 Å².